The van der Waals surface area contributed by atoms with E-state index in [1.807, 2.05) is 24.3 Å². The Morgan fingerprint density at radius 3 is 2.52 bits per heavy atom. The second kappa shape index (κ2) is 6.33. The van der Waals surface area contributed by atoms with E-state index < -0.39 is 0 Å². The fourth-order valence-electron chi connectivity index (χ4n) is 2.57. The number of hydrogen-bond acceptors (Lipinski definition) is 4. The quantitative estimate of drug-likeness (QED) is 0.814. The predicted molar refractivity (Wildman–Crippen MR) is 83.1 cm³/mol. The Labute approximate surface area is 128 Å². The van der Waals surface area contributed by atoms with Crippen LogP contribution in [0.15, 0.2) is 47.1 Å². The highest BCUT2D eigenvalue weighted by atomic mass is 35.5. The number of nitrogens with zero attached hydrogens (tertiary/aromatic N) is 2. The fraction of sp³-hybridized carbons (Fsp3) is 0.312. The molecule has 5 heteroatoms. The second-order valence-corrected chi connectivity index (χ2v) is 5.52. The monoisotopic (exact) mass is 304 g/mol. The summed E-state index contributed by atoms with van der Waals surface area (Å²) in [6.07, 6.45) is 1.53. The molecule has 110 valence electrons. The van der Waals surface area contributed by atoms with E-state index in [4.69, 9.17) is 16.0 Å². The maximum Gasteiger partial charge on any atom is 0.211 e. The zero-order valence-corrected chi connectivity index (χ0v) is 12.4. The molecule has 2 aromatic rings. The zero-order chi connectivity index (χ0) is 14.7. The molecule has 0 spiro atoms. The predicted octanol–water partition coefficient (Wildman–Crippen LogP) is 2.94. The minimum absolute atomic E-state index is 0.0335. The number of Topliss-reactive ketones (excluding diaryl/α,β-unsaturated/α-hetero) is 1. The number of hydrogen-bond donors (Lipinski definition) is 0. The molecule has 2 heterocycles. The van der Waals surface area contributed by atoms with Crippen LogP contribution in [0.4, 0.5) is 5.69 Å². The van der Waals surface area contributed by atoms with Gasteiger partial charge in [-0.3, -0.25) is 9.69 Å². The third kappa shape index (κ3) is 3.28. The van der Waals surface area contributed by atoms with Crippen molar-refractivity contribution in [2.75, 3.05) is 37.6 Å². The summed E-state index contributed by atoms with van der Waals surface area (Å²) in [6, 6.07) is 11.3. The molecule has 0 saturated carbocycles. The van der Waals surface area contributed by atoms with Crippen molar-refractivity contribution in [3.05, 3.63) is 53.4 Å². The van der Waals surface area contributed by atoms with Crippen LogP contribution in [0.25, 0.3) is 0 Å². The van der Waals surface area contributed by atoms with Crippen LogP contribution in [-0.2, 0) is 0 Å². The van der Waals surface area contributed by atoms with E-state index in [0.29, 0.717) is 12.3 Å². The Morgan fingerprint density at radius 2 is 1.86 bits per heavy atom. The Bertz CT molecular complexity index is 604. The number of furan rings is 1. The number of piperazine rings is 1. The molecule has 0 amide bonds. The molecule has 0 atom stereocenters. The Kier molecular flexibility index (Phi) is 4.27. The van der Waals surface area contributed by atoms with E-state index in [2.05, 4.69) is 9.80 Å². The molecule has 21 heavy (non-hydrogen) atoms. The Hall–Kier alpha value is -1.78. The maximum atomic E-state index is 12.0. The molecular weight excluding hydrogens is 288 g/mol. The lowest BCUT2D eigenvalue weighted by Crippen LogP contribution is -2.48. The van der Waals surface area contributed by atoms with E-state index in [-0.39, 0.29) is 5.78 Å². The highest BCUT2D eigenvalue weighted by Gasteiger charge is 2.21. The molecule has 0 aliphatic carbocycles. The average molecular weight is 305 g/mol. The third-order valence-electron chi connectivity index (χ3n) is 3.73. The lowest BCUT2D eigenvalue weighted by Gasteiger charge is -2.36. The van der Waals surface area contributed by atoms with Gasteiger partial charge in [0, 0.05) is 26.2 Å². The largest absolute Gasteiger partial charge is 0.461 e. The average Bonchev–Trinajstić information content (AvgIpc) is 3.03. The van der Waals surface area contributed by atoms with Gasteiger partial charge < -0.3 is 9.32 Å². The number of rotatable bonds is 4. The van der Waals surface area contributed by atoms with Gasteiger partial charge in [-0.2, -0.15) is 0 Å². The highest BCUT2D eigenvalue weighted by molar-refractivity contribution is 6.33. The van der Waals surface area contributed by atoms with Gasteiger partial charge >= 0.3 is 0 Å². The first kappa shape index (κ1) is 14.2. The number of ketones is 1. The van der Waals surface area contributed by atoms with Gasteiger partial charge in [-0.25, -0.2) is 0 Å². The van der Waals surface area contributed by atoms with Gasteiger partial charge in [0.2, 0.25) is 5.78 Å². The van der Waals surface area contributed by atoms with Crippen LogP contribution in [0.2, 0.25) is 5.02 Å². The molecule has 1 aromatic carbocycles. The van der Waals surface area contributed by atoms with Crippen molar-refractivity contribution in [3.8, 4) is 0 Å². The molecule has 1 aliphatic rings. The smallest absolute Gasteiger partial charge is 0.211 e. The fourth-order valence-corrected chi connectivity index (χ4v) is 2.83. The van der Waals surface area contributed by atoms with Crippen LogP contribution in [0.5, 0.6) is 0 Å². The van der Waals surface area contributed by atoms with E-state index in [1.54, 1.807) is 12.1 Å². The number of halogens is 1. The summed E-state index contributed by atoms with van der Waals surface area (Å²) in [5.74, 6) is 0.467. The maximum absolute atomic E-state index is 12.0. The molecule has 0 unspecified atom stereocenters. The highest BCUT2D eigenvalue weighted by Crippen LogP contribution is 2.26. The molecule has 1 aliphatic heterocycles. The van der Waals surface area contributed by atoms with Crippen molar-refractivity contribution < 1.29 is 9.21 Å². The second-order valence-electron chi connectivity index (χ2n) is 5.12. The van der Waals surface area contributed by atoms with E-state index in [1.165, 1.54) is 6.26 Å². The summed E-state index contributed by atoms with van der Waals surface area (Å²) in [5, 5.41) is 0.776. The standard InChI is InChI=1S/C16H17ClN2O2/c17-13-4-1-2-5-14(13)19-9-7-18(8-10-19)12-15(20)16-6-3-11-21-16/h1-6,11H,7-10,12H2. The van der Waals surface area contributed by atoms with Crippen molar-refractivity contribution >= 4 is 23.1 Å². The van der Waals surface area contributed by atoms with Crippen molar-refractivity contribution in [1.29, 1.82) is 0 Å². The molecule has 0 radical (unpaired) electrons. The zero-order valence-electron chi connectivity index (χ0n) is 11.7. The first-order valence-electron chi connectivity index (χ1n) is 7.02. The first-order chi connectivity index (χ1) is 10.2. The molecule has 0 bridgehead atoms. The summed E-state index contributed by atoms with van der Waals surface area (Å²) in [6.45, 7) is 3.84. The van der Waals surface area contributed by atoms with Gasteiger partial charge in [-0.15, -0.1) is 0 Å². The summed E-state index contributed by atoms with van der Waals surface area (Å²) in [4.78, 5) is 16.4. The number of carbonyl (C=O) groups excluding carboxylic acids is 1. The Morgan fingerprint density at radius 1 is 1.10 bits per heavy atom. The van der Waals surface area contributed by atoms with Gasteiger partial charge in [-0.1, -0.05) is 23.7 Å². The minimum atomic E-state index is 0.0335. The molecule has 1 aromatic heterocycles. The van der Waals surface area contributed by atoms with Gasteiger partial charge in [0.05, 0.1) is 23.5 Å². The molecular formula is C16H17ClN2O2. The number of para-hydroxylation sites is 1. The van der Waals surface area contributed by atoms with E-state index in [9.17, 15) is 4.79 Å². The van der Waals surface area contributed by atoms with Crippen LogP contribution in [-0.4, -0.2) is 43.4 Å². The lowest BCUT2D eigenvalue weighted by atomic mass is 10.2. The molecule has 1 saturated heterocycles. The number of anilines is 1. The van der Waals surface area contributed by atoms with E-state index in [0.717, 1.165) is 36.9 Å². The first-order valence-corrected chi connectivity index (χ1v) is 7.40. The Balaban J connectivity index is 1.56. The third-order valence-corrected chi connectivity index (χ3v) is 4.05. The topological polar surface area (TPSA) is 36.7 Å². The summed E-state index contributed by atoms with van der Waals surface area (Å²) in [7, 11) is 0. The number of benzene rings is 1. The summed E-state index contributed by atoms with van der Waals surface area (Å²) in [5.41, 5.74) is 1.07. The molecule has 4 nitrogen and oxygen atoms in total. The van der Waals surface area contributed by atoms with Gasteiger partial charge in [0.1, 0.15) is 0 Å². The molecule has 0 N–H and O–H groups in total. The van der Waals surface area contributed by atoms with Crippen molar-refractivity contribution in [2.45, 2.75) is 0 Å². The van der Waals surface area contributed by atoms with Crippen LogP contribution in [0.3, 0.4) is 0 Å². The summed E-state index contributed by atoms with van der Waals surface area (Å²) < 4.78 is 5.14. The van der Waals surface area contributed by atoms with Crippen LogP contribution < -0.4 is 4.90 Å². The lowest BCUT2D eigenvalue weighted by molar-refractivity contribution is 0.0899. The van der Waals surface area contributed by atoms with Gasteiger partial charge in [0.15, 0.2) is 5.76 Å². The van der Waals surface area contributed by atoms with Crippen molar-refractivity contribution in [3.63, 3.8) is 0 Å². The normalized spacial score (nSPS) is 16.1. The van der Waals surface area contributed by atoms with Crippen LogP contribution in [0.1, 0.15) is 10.6 Å². The van der Waals surface area contributed by atoms with E-state index >= 15 is 0 Å². The van der Waals surface area contributed by atoms with Crippen molar-refractivity contribution in [1.82, 2.24) is 4.90 Å². The minimum Gasteiger partial charge on any atom is -0.461 e. The molecule has 1 fully saturated rings. The SMILES string of the molecule is O=C(CN1CCN(c2ccccc2Cl)CC1)c1ccco1. The molecule has 3 rings (SSSR count). The van der Waals surface area contributed by atoms with Gasteiger partial charge in [-0.05, 0) is 24.3 Å². The van der Waals surface area contributed by atoms with Crippen molar-refractivity contribution in [2.24, 2.45) is 0 Å². The number of carbonyl (C=O) groups is 1. The van der Waals surface area contributed by atoms with Gasteiger partial charge in [0.25, 0.3) is 0 Å². The summed E-state index contributed by atoms with van der Waals surface area (Å²) >= 11 is 6.22. The van der Waals surface area contributed by atoms with Crippen LogP contribution >= 0.6 is 11.6 Å². The van der Waals surface area contributed by atoms with Crippen LogP contribution in [0, 0.1) is 0 Å².